The van der Waals surface area contributed by atoms with Crippen molar-refractivity contribution in [2.45, 2.75) is 57.7 Å². The lowest BCUT2D eigenvalue weighted by Crippen LogP contribution is -2.52. The van der Waals surface area contributed by atoms with Crippen molar-refractivity contribution < 1.29 is 19.1 Å². The predicted octanol–water partition coefficient (Wildman–Crippen LogP) is 1.94. The molecule has 3 atom stereocenters. The van der Waals surface area contributed by atoms with Crippen LogP contribution in [0.25, 0.3) is 0 Å². The van der Waals surface area contributed by atoms with Gasteiger partial charge in [0.25, 0.3) is 0 Å². The Labute approximate surface area is 186 Å². The first-order valence-corrected chi connectivity index (χ1v) is 9.73. The summed E-state index contributed by atoms with van der Waals surface area (Å²) in [5.74, 6) is -0.0856. The standard InChI is InChI=1S/C21H28N2O4.2H2S/c1-14(2)12-16(22-19(25)9-8-15-6-4-3-5-7-15)21(26)23-11-10-18-20(23)17(24)13-27-18;;/h3-7,14,16,18,20H,8-13H2,1-2H3,(H,22,25);2*1H2/t16-,18+,20+;;/m0../s1. The molecule has 1 N–H and O–H groups in total. The molecule has 6 nitrogen and oxygen atoms in total. The van der Waals surface area contributed by atoms with E-state index in [1.165, 1.54) is 0 Å². The summed E-state index contributed by atoms with van der Waals surface area (Å²) in [6.45, 7) is 4.63. The average Bonchev–Trinajstić information content (AvgIpc) is 3.22. The SMILES string of the molecule is CC(C)C[C@H](NC(=O)CCc1ccccc1)C(=O)N1CC[C@H]2OCC(=O)[C@H]21.S.S. The lowest BCUT2D eigenvalue weighted by Gasteiger charge is -2.28. The maximum Gasteiger partial charge on any atom is 0.245 e. The van der Waals surface area contributed by atoms with Crippen LogP contribution in [0.5, 0.6) is 0 Å². The Bertz CT molecular complexity index is 699. The summed E-state index contributed by atoms with van der Waals surface area (Å²) in [5.41, 5.74) is 1.09. The second-order valence-corrected chi connectivity index (χ2v) is 7.82. The quantitative estimate of drug-likeness (QED) is 0.703. The van der Waals surface area contributed by atoms with E-state index in [1.807, 2.05) is 44.2 Å². The van der Waals surface area contributed by atoms with Crippen LogP contribution in [-0.2, 0) is 25.5 Å². The molecule has 8 heteroatoms. The van der Waals surface area contributed by atoms with Crippen molar-refractivity contribution in [1.29, 1.82) is 0 Å². The van der Waals surface area contributed by atoms with Crippen LogP contribution < -0.4 is 5.32 Å². The number of benzene rings is 1. The first kappa shape index (κ1) is 25.5. The topological polar surface area (TPSA) is 75.7 Å². The van der Waals surface area contributed by atoms with Gasteiger partial charge in [0.1, 0.15) is 18.7 Å². The largest absolute Gasteiger partial charge is 0.368 e. The van der Waals surface area contributed by atoms with Gasteiger partial charge in [-0.15, -0.1) is 0 Å². The zero-order valence-corrected chi connectivity index (χ0v) is 19.0. The molecule has 162 valence electrons. The van der Waals surface area contributed by atoms with E-state index in [1.54, 1.807) is 4.90 Å². The molecule has 0 aliphatic carbocycles. The highest BCUT2D eigenvalue weighted by Crippen LogP contribution is 2.28. The van der Waals surface area contributed by atoms with Gasteiger partial charge in [0.05, 0.1) is 6.10 Å². The van der Waals surface area contributed by atoms with Gasteiger partial charge in [-0.3, -0.25) is 14.4 Å². The Morgan fingerprint density at radius 2 is 1.90 bits per heavy atom. The first-order chi connectivity index (χ1) is 13.0. The summed E-state index contributed by atoms with van der Waals surface area (Å²) >= 11 is 0. The lowest BCUT2D eigenvalue weighted by molar-refractivity contribution is -0.140. The monoisotopic (exact) mass is 440 g/mol. The van der Waals surface area contributed by atoms with Crippen LogP contribution in [0.2, 0.25) is 0 Å². The molecule has 2 aliphatic rings. The lowest BCUT2D eigenvalue weighted by atomic mass is 10.0. The Balaban J connectivity index is 0.00000210. The van der Waals surface area contributed by atoms with Crippen LogP contribution in [-0.4, -0.2) is 53.8 Å². The molecule has 2 fully saturated rings. The van der Waals surface area contributed by atoms with Gasteiger partial charge in [-0.25, -0.2) is 0 Å². The molecule has 0 radical (unpaired) electrons. The van der Waals surface area contributed by atoms with Crippen molar-refractivity contribution in [3.8, 4) is 0 Å². The summed E-state index contributed by atoms with van der Waals surface area (Å²) in [5, 5.41) is 2.91. The number of carbonyl (C=O) groups is 3. The minimum absolute atomic E-state index is 0. The smallest absolute Gasteiger partial charge is 0.245 e. The zero-order chi connectivity index (χ0) is 19.4. The highest BCUT2D eigenvalue weighted by atomic mass is 32.1. The van der Waals surface area contributed by atoms with Crippen molar-refractivity contribution in [3.63, 3.8) is 0 Å². The number of ketones is 1. The molecule has 3 rings (SSSR count). The van der Waals surface area contributed by atoms with Crippen molar-refractivity contribution in [2.24, 2.45) is 5.92 Å². The zero-order valence-electron chi connectivity index (χ0n) is 17.0. The van der Waals surface area contributed by atoms with E-state index < -0.39 is 12.1 Å². The fraction of sp³-hybridized carbons (Fsp3) is 0.571. The van der Waals surface area contributed by atoms with Gasteiger partial charge in [-0.05, 0) is 30.7 Å². The number of likely N-dealkylation sites (tertiary alicyclic amines) is 1. The molecule has 2 aliphatic heterocycles. The van der Waals surface area contributed by atoms with Gasteiger partial charge in [-0.1, -0.05) is 44.2 Å². The Hall–Kier alpha value is -1.51. The fourth-order valence-corrected chi connectivity index (χ4v) is 3.90. The Kier molecular flexibility index (Phi) is 10.2. The van der Waals surface area contributed by atoms with Crippen molar-refractivity contribution in [1.82, 2.24) is 10.2 Å². The Morgan fingerprint density at radius 3 is 2.55 bits per heavy atom. The van der Waals surface area contributed by atoms with Gasteiger partial charge < -0.3 is 15.0 Å². The van der Waals surface area contributed by atoms with Crippen LogP contribution >= 0.6 is 27.0 Å². The number of rotatable bonds is 7. The van der Waals surface area contributed by atoms with Gasteiger partial charge >= 0.3 is 0 Å². The highest BCUT2D eigenvalue weighted by molar-refractivity contribution is 7.59. The normalized spacial score (nSPS) is 21.2. The van der Waals surface area contributed by atoms with Crippen LogP contribution in [0.15, 0.2) is 30.3 Å². The molecule has 0 saturated carbocycles. The maximum atomic E-state index is 13.1. The highest BCUT2D eigenvalue weighted by Gasteiger charge is 2.48. The van der Waals surface area contributed by atoms with E-state index in [-0.39, 0.29) is 63.2 Å². The van der Waals surface area contributed by atoms with E-state index in [9.17, 15) is 14.4 Å². The van der Waals surface area contributed by atoms with Crippen LogP contribution in [0.4, 0.5) is 0 Å². The molecule has 2 amide bonds. The molecule has 29 heavy (non-hydrogen) atoms. The number of nitrogens with zero attached hydrogens (tertiary/aromatic N) is 1. The molecule has 0 bridgehead atoms. The van der Waals surface area contributed by atoms with E-state index in [2.05, 4.69) is 5.32 Å². The average molecular weight is 441 g/mol. The fourth-order valence-electron chi connectivity index (χ4n) is 3.90. The summed E-state index contributed by atoms with van der Waals surface area (Å²) in [6, 6.07) is 8.73. The molecule has 0 unspecified atom stereocenters. The molecule has 2 saturated heterocycles. The second kappa shape index (κ2) is 11.6. The third-order valence-electron chi connectivity index (χ3n) is 5.22. The molecule has 1 aromatic rings. The van der Waals surface area contributed by atoms with E-state index in [4.69, 9.17) is 4.74 Å². The van der Waals surface area contributed by atoms with Gasteiger partial charge in [-0.2, -0.15) is 27.0 Å². The summed E-state index contributed by atoms with van der Waals surface area (Å²) < 4.78 is 5.47. The Morgan fingerprint density at radius 1 is 1.21 bits per heavy atom. The number of aryl methyl sites for hydroxylation is 1. The van der Waals surface area contributed by atoms with E-state index in [0.29, 0.717) is 32.2 Å². The molecule has 1 aromatic carbocycles. The molecular weight excluding hydrogens is 408 g/mol. The van der Waals surface area contributed by atoms with Gasteiger partial charge in [0.2, 0.25) is 11.8 Å². The third kappa shape index (κ3) is 6.49. The summed E-state index contributed by atoms with van der Waals surface area (Å²) in [4.78, 5) is 39.2. The molecule has 2 heterocycles. The minimum atomic E-state index is -0.597. The maximum absolute atomic E-state index is 13.1. The van der Waals surface area contributed by atoms with Crippen LogP contribution in [0.1, 0.15) is 38.7 Å². The molecule has 0 aromatic heterocycles. The second-order valence-electron chi connectivity index (χ2n) is 7.82. The van der Waals surface area contributed by atoms with Crippen LogP contribution in [0.3, 0.4) is 0 Å². The summed E-state index contributed by atoms with van der Waals surface area (Å²) in [7, 11) is 0. The number of fused-ring (bicyclic) bond motifs is 1. The number of nitrogens with one attached hydrogen (secondary N) is 1. The van der Waals surface area contributed by atoms with Crippen LogP contribution in [0, 0.1) is 5.92 Å². The minimum Gasteiger partial charge on any atom is -0.368 e. The number of carbonyl (C=O) groups excluding carboxylic acids is 3. The summed E-state index contributed by atoms with van der Waals surface area (Å²) in [6.07, 6.45) is 2.02. The number of ether oxygens (including phenoxy) is 1. The van der Waals surface area contributed by atoms with E-state index in [0.717, 1.165) is 5.56 Å². The van der Waals surface area contributed by atoms with Crippen molar-refractivity contribution in [3.05, 3.63) is 35.9 Å². The first-order valence-electron chi connectivity index (χ1n) is 9.73. The number of Topliss-reactive ketones (excluding diaryl/α,β-unsaturated/α-hetero) is 1. The van der Waals surface area contributed by atoms with Crippen molar-refractivity contribution in [2.75, 3.05) is 13.2 Å². The molecule has 0 spiro atoms. The number of amides is 2. The number of hydrogen-bond acceptors (Lipinski definition) is 4. The third-order valence-corrected chi connectivity index (χ3v) is 5.22. The number of hydrogen-bond donors (Lipinski definition) is 1. The van der Waals surface area contributed by atoms with Gasteiger partial charge in [0, 0.05) is 13.0 Å². The predicted molar refractivity (Wildman–Crippen MR) is 122 cm³/mol. The molecular formula is C21H32N2O4S2. The van der Waals surface area contributed by atoms with E-state index >= 15 is 0 Å². The van der Waals surface area contributed by atoms with Crippen molar-refractivity contribution >= 4 is 44.6 Å². The van der Waals surface area contributed by atoms with Gasteiger partial charge in [0.15, 0.2) is 5.78 Å².